The predicted octanol–water partition coefficient (Wildman–Crippen LogP) is 2.56. The van der Waals surface area contributed by atoms with Gasteiger partial charge in [0.15, 0.2) is 0 Å². The minimum Gasteiger partial charge on any atom is -0.265 e. The van der Waals surface area contributed by atoms with Gasteiger partial charge in [0, 0.05) is 12.4 Å². The number of nitrogens with zero attached hydrogens (tertiary/aromatic N) is 1. The first kappa shape index (κ1) is 7.26. The molecule has 1 nitrogen and oxygen atoms in total. The van der Waals surface area contributed by atoms with E-state index in [0.717, 1.165) is 6.42 Å². The Morgan fingerprint density at radius 1 is 1.50 bits per heavy atom. The molecule has 1 heterocycles. The van der Waals surface area contributed by atoms with Crippen LogP contribution in [0, 0.1) is 5.92 Å². The maximum absolute atomic E-state index is 4.10. The molecule has 0 N–H and O–H groups in total. The number of rotatable bonds is 1. The molecule has 0 aromatic carbocycles. The molecule has 54 valence electrons. The van der Waals surface area contributed by atoms with Crippen molar-refractivity contribution >= 4 is 6.21 Å². The fourth-order valence-corrected chi connectivity index (χ4v) is 0.892. The first-order chi connectivity index (χ1) is 4.80. The van der Waals surface area contributed by atoms with E-state index < -0.39 is 0 Å². The Labute approximate surface area is 62.2 Å². The lowest BCUT2D eigenvalue weighted by atomic mass is 10.0. The zero-order chi connectivity index (χ0) is 7.40. The third kappa shape index (κ3) is 1.83. The number of aliphatic imine (C=N–C) groups is 1. The van der Waals surface area contributed by atoms with Crippen LogP contribution < -0.4 is 0 Å². The zero-order valence-electron chi connectivity index (χ0n) is 6.54. The molecule has 1 rings (SSSR count). The molecule has 1 heteroatoms. The van der Waals surface area contributed by atoms with E-state index in [1.807, 2.05) is 12.4 Å². The van der Waals surface area contributed by atoms with Crippen molar-refractivity contribution in [2.24, 2.45) is 10.9 Å². The Bertz CT molecular complexity index is 185. The van der Waals surface area contributed by atoms with Crippen molar-refractivity contribution in [2.75, 3.05) is 0 Å². The van der Waals surface area contributed by atoms with E-state index in [0.29, 0.717) is 5.92 Å². The highest BCUT2D eigenvalue weighted by molar-refractivity contribution is 5.79. The van der Waals surface area contributed by atoms with Crippen LogP contribution in [0.2, 0.25) is 0 Å². The second kappa shape index (κ2) is 3.35. The topological polar surface area (TPSA) is 12.4 Å². The summed E-state index contributed by atoms with van der Waals surface area (Å²) in [6, 6.07) is 0. The maximum atomic E-state index is 4.10. The third-order valence-electron chi connectivity index (χ3n) is 1.57. The van der Waals surface area contributed by atoms with Crippen molar-refractivity contribution < 1.29 is 0 Å². The summed E-state index contributed by atoms with van der Waals surface area (Å²) in [4.78, 5) is 4.10. The molecule has 10 heavy (non-hydrogen) atoms. The van der Waals surface area contributed by atoms with Crippen LogP contribution in [0.1, 0.15) is 20.3 Å². The Morgan fingerprint density at radius 3 is 3.00 bits per heavy atom. The summed E-state index contributed by atoms with van der Waals surface area (Å²) in [5, 5.41) is 0. The molecule has 0 spiro atoms. The average Bonchev–Trinajstić information content (AvgIpc) is 2.12. The third-order valence-corrected chi connectivity index (χ3v) is 1.57. The maximum Gasteiger partial charge on any atom is 0.0299 e. The van der Waals surface area contributed by atoms with Crippen molar-refractivity contribution in [1.82, 2.24) is 0 Å². The van der Waals surface area contributed by atoms with E-state index in [1.54, 1.807) is 0 Å². The highest BCUT2D eigenvalue weighted by Crippen LogP contribution is 2.09. The lowest BCUT2D eigenvalue weighted by Gasteiger charge is -2.02. The van der Waals surface area contributed by atoms with E-state index in [2.05, 4.69) is 31.0 Å². The molecule has 1 aliphatic rings. The first-order valence-corrected chi connectivity index (χ1v) is 3.69. The second-order valence-electron chi connectivity index (χ2n) is 2.76. The molecule has 0 aromatic heterocycles. The van der Waals surface area contributed by atoms with Gasteiger partial charge in [-0.25, -0.2) is 0 Å². The fraction of sp³-hybridized carbons (Fsp3) is 0.444. The molecule has 0 fully saturated rings. The van der Waals surface area contributed by atoms with Gasteiger partial charge in [0.2, 0.25) is 0 Å². The van der Waals surface area contributed by atoms with Crippen molar-refractivity contribution in [3.8, 4) is 0 Å². The summed E-state index contributed by atoms with van der Waals surface area (Å²) in [6.45, 7) is 4.37. The lowest BCUT2D eigenvalue weighted by Crippen LogP contribution is -1.93. The fourth-order valence-electron chi connectivity index (χ4n) is 0.892. The Kier molecular flexibility index (Phi) is 2.43. The van der Waals surface area contributed by atoms with Crippen molar-refractivity contribution in [3.63, 3.8) is 0 Å². The van der Waals surface area contributed by atoms with Crippen molar-refractivity contribution in [3.05, 3.63) is 23.9 Å². The van der Waals surface area contributed by atoms with Gasteiger partial charge in [-0.3, -0.25) is 4.99 Å². The molecule has 0 amide bonds. The smallest absolute Gasteiger partial charge is 0.0299 e. The minimum absolute atomic E-state index is 0.601. The molecule has 0 saturated carbocycles. The summed E-state index contributed by atoms with van der Waals surface area (Å²) in [6.07, 6.45) is 9.09. The van der Waals surface area contributed by atoms with E-state index in [9.17, 15) is 0 Å². The number of allylic oxidation sites excluding steroid dienone is 3. The molecular weight excluding hydrogens is 122 g/mol. The highest BCUT2D eigenvalue weighted by Gasteiger charge is 1.98. The molecule has 0 aliphatic carbocycles. The van der Waals surface area contributed by atoms with Crippen LogP contribution in [-0.4, -0.2) is 6.21 Å². The van der Waals surface area contributed by atoms with Gasteiger partial charge in [-0.05, 0) is 17.9 Å². The van der Waals surface area contributed by atoms with Crippen LogP contribution in [0.25, 0.3) is 0 Å². The molecule has 0 aromatic rings. The van der Waals surface area contributed by atoms with E-state index >= 15 is 0 Å². The van der Waals surface area contributed by atoms with Crippen LogP contribution >= 0.6 is 0 Å². The number of hydrogen-bond donors (Lipinski definition) is 0. The van der Waals surface area contributed by atoms with Gasteiger partial charge in [0.1, 0.15) is 0 Å². The standard InChI is InChI=1S/C9H13N/c1-8(2)9-5-3-4-6-10-7-9/h4-8H,3H2,1-2H3. The Morgan fingerprint density at radius 2 is 2.30 bits per heavy atom. The molecule has 0 unspecified atom stereocenters. The quantitative estimate of drug-likeness (QED) is 0.524. The predicted molar refractivity (Wildman–Crippen MR) is 45.2 cm³/mol. The summed E-state index contributed by atoms with van der Waals surface area (Å²) in [7, 11) is 0. The van der Waals surface area contributed by atoms with Crippen LogP contribution in [-0.2, 0) is 0 Å². The normalized spacial score (nSPS) is 17.3. The van der Waals surface area contributed by atoms with Gasteiger partial charge in [-0.1, -0.05) is 26.0 Å². The summed E-state index contributed by atoms with van der Waals surface area (Å²) in [5.41, 5.74) is 1.34. The van der Waals surface area contributed by atoms with E-state index in [-0.39, 0.29) is 0 Å². The molecule has 0 saturated heterocycles. The Balaban J connectivity index is 2.69. The zero-order valence-corrected chi connectivity index (χ0v) is 6.54. The average molecular weight is 135 g/mol. The summed E-state index contributed by atoms with van der Waals surface area (Å²) >= 11 is 0. The largest absolute Gasteiger partial charge is 0.265 e. The van der Waals surface area contributed by atoms with Gasteiger partial charge in [0.05, 0.1) is 0 Å². The van der Waals surface area contributed by atoms with Gasteiger partial charge >= 0.3 is 0 Å². The molecule has 0 bridgehead atoms. The van der Waals surface area contributed by atoms with Crippen molar-refractivity contribution in [2.45, 2.75) is 20.3 Å². The Hall–Kier alpha value is -0.850. The van der Waals surface area contributed by atoms with Gasteiger partial charge in [-0.2, -0.15) is 0 Å². The van der Waals surface area contributed by atoms with Gasteiger partial charge in [-0.15, -0.1) is 0 Å². The summed E-state index contributed by atoms with van der Waals surface area (Å²) < 4.78 is 0. The minimum atomic E-state index is 0.601. The lowest BCUT2D eigenvalue weighted by molar-refractivity contribution is 0.803. The van der Waals surface area contributed by atoms with Crippen LogP contribution in [0.3, 0.4) is 0 Å². The highest BCUT2D eigenvalue weighted by atomic mass is 14.7. The molecule has 0 radical (unpaired) electrons. The van der Waals surface area contributed by atoms with E-state index in [1.165, 1.54) is 5.57 Å². The number of hydrogen-bond acceptors (Lipinski definition) is 1. The van der Waals surface area contributed by atoms with Crippen LogP contribution in [0.5, 0.6) is 0 Å². The molecular formula is C9H13N. The molecule has 1 aliphatic heterocycles. The van der Waals surface area contributed by atoms with Gasteiger partial charge in [0.25, 0.3) is 0 Å². The van der Waals surface area contributed by atoms with Crippen molar-refractivity contribution in [1.29, 1.82) is 0 Å². The van der Waals surface area contributed by atoms with Crippen LogP contribution in [0.15, 0.2) is 28.9 Å². The molecule has 0 atom stereocenters. The van der Waals surface area contributed by atoms with Gasteiger partial charge < -0.3 is 0 Å². The monoisotopic (exact) mass is 135 g/mol. The summed E-state index contributed by atoms with van der Waals surface area (Å²) in [5.74, 6) is 0.601. The SMILES string of the molecule is CC(C)C1=CCC=CN=C1. The second-order valence-corrected chi connectivity index (χ2v) is 2.76. The van der Waals surface area contributed by atoms with E-state index in [4.69, 9.17) is 0 Å². The van der Waals surface area contributed by atoms with Crippen LogP contribution in [0.4, 0.5) is 0 Å². The first-order valence-electron chi connectivity index (χ1n) is 3.69.